The fourth-order valence-electron chi connectivity index (χ4n) is 4.08. The van der Waals surface area contributed by atoms with Crippen molar-refractivity contribution >= 4 is 0 Å². The van der Waals surface area contributed by atoms with Crippen LogP contribution >= 0.6 is 0 Å². The molecule has 3 aliphatic rings. The molecule has 0 atom stereocenters. The number of nitrogens with zero attached hydrogens (tertiary/aromatic N) is 2. The van der Waals surface area contributed by atoms with E-state index in [1.54, 1.807) is 0 Å². The molecule has 2 saturated heterocycles. The lowest BCUT2D eigenvalue weighted by atomic mass is 9.94. The smallest absolute Gasteiger partial charge is 0.0336 e. The van der Waals surface area contributed by atoms with Crippen LogP contribution in [0.3, 0.4) is 0 Å². The van der Waals surface area contributed by atoms with Crippen molar-refractivity contribution in [1.29, 1.82) is 0 Å². The molecule has 3 nitrogen and oxygen atoms in total. The summed E-state index contributed by atoms with van der Waals surface area (Å²) in [5, 5.41) is 3.47. The summed E-state index contributed by atoms with van der Waals surface area (Å²) in [6, 6.07) is 0. The maximum Gasteiger partial charge on any atom is 0.0336 e. The van der Waals surface area contributed by atoms with Gasteiger partial charge in [-0.3, -0.25) is 9.80 Å². The lowest BCUT2D eigenvalue weighted by Gasteiger charge is -2.43. The minimum atomic E-state index is 0.563. The summed E-state index contributed by atoms with van der Waals surface area (Å²) in [6.45, 7) is 8.98. The van der Waals surface area contributed by atoms with E-state index in [-0.39, 0.29) is 0 Å². The number of nitrogens with one attached hydrogen (secondary N) is 1. The summed E-state index contributed by atoms with van der Waals surface area (Å²) in [5.74, 6) is 0. The Bertz CT molecular complexity index is 236. The maximum atomic E-state index is 3.47. The number of piperazine rings is 1. The third-order valence-electron chi connectivity index (χ3n) is 5.04. The van der Waals surface area contributed by atoms with E-state index >= 15 is 0 Å². The number of likely N-dealkylation sites (tertiary alicyclic amines) is 1. The second-order valence-electron chi connectivity index (χ2n) is 6.15. The van der Waals surface area contributed by atoms with Gasteiger partial charge in [-0.05, 0) is 38.8 Å². The van der Waals surface area contributed by atoms with Crippen LogP contribution in [0.1, 0.15) is 38.5 Å². The van der Waals surface area contributed by atoms with Gasteiger partial charge in [-0.1, -0.05) is 12.8 Å². The fourth-order valence-corrected chi connectivity index (χ4v) is 4.08. The Kier molecular flexibility index (Phi) is 3.69. The predicted molar refractivity (Wildman–Crippen MR) is 71.3 cm³/mol. The molecule has 0 unspecified atom stereocenters. The van der Waals surface area contributed by atoms with Crippen molar-refractivity contribution in [2.24, 2.45) is 0 Å². The fraction of sp³-hybridized carbons (Fsp3) is 1.00. The van der Waals surface area contributed by atoms with Crippen LogP contribution in [0.25, 0.3) is 0 Å². The van der Waals surface area contributed by atoms with Gasteiger partial charge < -0.3 is 5.32 Å². The van der Waals surface area contributed by atoms with Gasteiger partial charge in [-0.2, -0.15) is 0 Å². The molecule has 3 fully saturated rings. The van der Waals surface area contributed by atoms with Crippen LogP contribution in [0.2, 0.25) is 0 Å². The quantitative estimate of drug-likeness (QED) is 0.798. The monoisotopic (exact) mass is 237 g/mol. The summed E-state index contributed by atoms with van der Waals surface area (Å²) in [7, 11) is 0. The van der Waals surface area contributed by atoms with E-state index in [2.05, 4.69) is 15.1 Å². The molecular formula is C14H27N3. The minimum Gasteiger partial charge on any atom is -0.314 e. The first-order valence-corrected chi connectivity index (χ1v) is 7.57. The van der Waals surface area contributed by atoms with Crippen molar-refractivity contribution in [2.45, 2.75) is 44.1 Å². The van der Waals surface area contributed by atoms with E-state index in [0.29, 0.717) is 5.54 Å². The minimum absolute atomic E-state index is 0.563. The second kappa shape index (κ2) is 5.25. The molecule has 0 amide bonds. The molecule has 1 saturated carbocycles. The van der Waals surface area contributed by atoms with Crippen LogP contribution in [0.4, 0.5) is 0 Å². The van der Waals surface area contributed by atoms with Crippen molar-refractivity contribution in [1.82, 2.24) is 15.1 Å². The van der Waals surface area contributed by atoms with E-state index in [4.69, 9.17) is 0 Å². The summed E-state index contributed by atoms with van der Waals surface area (Å²) in [5.41, 5.74) is 0.563. The van der Waals surface area contributed by atoms with E-state index in [0.717, 1.165) is 0 Å². The van der Waals surface area contributed by atoms with Gasteiger partial charge in [0.05, 0.1) is 0 Å². The SMILES string of the molecule is C1CCN(C2(CN3CCNCC3)CCCC2)C1. The number of hydrogen-bond donors (Lipinski definition) is 1. The average molecular weight is 237 g/mol. The van der Waals surface area contributed by atoms with Gasteiger partial charge in [-0.25, -0.2) is 0 Å². The van der Waals surface area contributed by atoms with Gasteiger partial charge in [0.2, 0.25) is 0 Å². The Labute approximate surface area is 106 Å². The largest absolute Gasteiger partial charge is 0.314 e. The van der Waals surface area contributed by atoms with Gasteiger partial charge in [0, 0.05) is 38.3 Å². The van der Waals surface area contributed by atoms with Crippen LogP contribution in [0.15, 0.2) is 0 Å². The van der Waals surface area contributed by atoms with E-state index in [9.17, 15) is 0 Å². The van der Waals surface area contributed by atoms with E-state index < -0.39 is 0 Å². The molecule has 0 aromatic carbocycles. The molecule has 17 heavy (non-hydrogen) atoms. The van der Waals surface area contributed by atoms with Crippen LogP contribution in [-0.4, -0.2) is 61.2 Å². The molecule has 2 aliphatic heterocycles. The second-order valence-corrected chi connectivity index (χ2v) is 6.15. The lowest BCUT2D eigenvalue weighted by molar-refractivity contribution is 0.0651. The van der Waals surface area contributed by atoms with Crippen molar-refractivity contribution in [3.63, 3.8) is 0 Å². The first-order valence-electron chi connectivity index (χ1n) is 7.57. The highest BCUT2D eigenvalue weighted by Crippen LogP contribution is 2.38. The zero-order valence-corrected chi connectivity index (χ0v) is 11.1. The Morgan fingerprint density at radius 3 is 2.12 bits per heavy atom. The molecule has 0 aromatic rings. The third kappa shape index (κ3) is 2.51. The molecule has 1 N–H and O–H groups in total. The Morgan fingerprint density at radius 2 is 1.47 bits per heavy atom. The molecule has 2 heterocycles. The van der Waals surface area contributed by atoms with Crippen molar-refractivity contribution in [3.05, 3.63) is 0 Å². The molecule has 3 heteroatoms. The first kappa shape index (κ1) is 11.9. The topological polar surface area (TPSA) is 18.5 Å². The van der Waals surface area contributed by atoms with Gasteiger partial charge >= 0.3 is 0 Å². The molecule has 0 radical (unpaired) electrons. The van der Waals surface area contributed by atoms with Crippen LogP contribution < -0.4 is 5.32 Å². The molecule has 1 aliphatic carbocycles. The maximum absolute atomic E-state index is 3.47. The summed E-state index contributed by atoms with van der Waals surface area (Å²) in [6.07, 6.45) is 8.70. The summed E-state index contributed by atoms with van der Waals surface area (Å²) >= 11 is 0. The van der Waals surface area contributed by atoms with E-state index in [1.807, 2.05) is 0 Å². The number of hydrogen-bond acceptors (Lipinski definition) is 3. The highest BCUT2D eigenvalue weighted by atomic mass is 15.3. The van der Waals surface area contributed by atoms with Crippen LogP contribution in [0.5, 0.6) is 0 Å². The van der Waals surface area contributed by atoms with E-state index in [1.165, 1.54) is 84.3 Å². The lowest BCUT2D eigenvalue weighted by Crippen LogP contribution is -2.56. The first-order chi connectivity index (χ1) is 8.39. The standard InChI is InChI=1S/C14H27N3/c1-2-6-14(5-1,17-9-3-4-10-17)13-16-11-7-15-8-12-16/h15H,1-13H2. The highest BCUT2D eigenvalue weighted by Gasteiger charge is 2.41. The molecule has 3 rings (SSSR count). The van der Waals surface area contributed by atoms with Gasteiger partial charge in [0.15, 0.2) is 0 Å². The third-order valence-corrected chi connectivity index (χ3v) is 5.04. The Morgan fingerprint density at radius 1 is 0.824 bits per heavy atom. The molecular weight excluding hydrogens is 210 g/mol. The predicted octanol–water partition coefficient (Wildman–Crippen LogP) is 1.30. The number of rotatable bonds is 3. The average Bonchev–Trinajstić information content (AvgIpc) is 3.01. The van der Waals surface area contributed by atoms with Crippen LogP contribution in [-0.2, 0) is 0 Å². The molecule has 98 valence electrons. The zero-order valence-electron chi connectivity index (χ0n) is 11.1. The molecule has 0 spiro atoms. The van der Waals surface area contributed by atoms with Crippen LogP contribution in [0, 0.1) is 0 Å². The molecule has 0 bridgehead atoms. The zero-order chi connectivity index (χ0) is 11.6. The summed E-state index contributed by atoms with van der Waals surface area (Å²) < 4.78 is 0. The highest BCUT2D eigenvalue weighted by molar-refractivity contribution is 4.99. The Hall–Kier alpha value is -0.120. The summed E-state index contributed by atoms with van der Waals surface area (Å²) in [4.78, 5) is 5.54. The van der Waals surface area contributed by atoms with Gasteiger partial charge in [-0.15, -0.1) is 0 Å². The van der Waals surface area contributed by atoms with Gasteiger partial charge in [0.25, 0.3) is 0 Å². The van der Waals surface area contributed by atoms with Crippen molar-refractivity contribution in [3.8, 4) is 0 Å². The Balaban J connectivity index is 1.65. The normalized spacial score (nSPS) is 31.1. The van der Waals surface area contributed by atoms with Gasteiger partial charge in [0.1, 0.15) is 0 Å². The van der Waals surface area contributed by atoms with Crippen molar-refractivity contribution in [2.75, 3.05) is 45.8 Å². The van der Waals surface area contributed by atoms with Crippen molar-refractivity contribution < 1.29 is 0 Å². The molecule has 0 aromatic heterocycles.